The van der Waals surface area contributed by atoms with Crippen LogP contribution in [-0.2, 0) is 4.79 Å². The number of nitrogens with two attached hydrogens (primary N) is 1. The van der Waals surface area contributed by atoms with Gasteiger partial charge in [0, 0.05) is 12.7 Å². The van der Waals surface area contributed by atoms with Crippen molar-refractivity contribution >= 4 is 23.5 Å². The molecule has 0 spiro atoms. The van der Waals surface area contributed by atoms with Crippen LogP contribution >= 0.6 is 11.6 Å². The molecular weight excluding hydrogens is 240 g/mol. The summed E-state index contributed by atoms with van der Waals surface area (Å²) >= 11 is 5.73. The van der Waals surface area contributed by atoms with E-state index in [0.29, 0.717) is 11.7 Å². The highest BCUT2D eigenvalue weighted by Crippen LogP contribution is 2.37. The maximum Gasteiger partial charge on any atom is 0.234 e. The van der Waals surface area contributed by atoms with Crippen molar-refractivity contribution in [3.63, 3.8) is 0 Å². The van der Waals surface area contributed by atoms with Crippen LogP contribution in [0.4, 0.5) is 5.95 Å². The van der Waals surface area contributed by atoms with Crippen LogP contribution in [0.3, 0.4) is 0 Å². The van der Waals surface area contributed by atoms with Crippen molar-refractivity contribution < 1.29 is 4.79 Å². The minimum atomic E-state index is -0.453. The van der Waals surface area contributed by atoms with Crippen LogP contribution in [0.15, 0.2) is 12.3 Å². The van der Waals surface area contributed by atoms with E-state index in [1.807, 2.05) is 0 Å². The fraction of sp³-hybridized carbons (Fsp3) is 0.545. The van der Waals surface area contributed by atoms with Gasteiger partial charge in [-0.1, -0.05) is 24.4 Å². The van der Waals surface area contributed by atoms with Crippen molar-refractivity contribution in [3.8, 4) is 0 Å². The zero-order valence-electron chi connectivity index (χ0n) is 9.45. The Morgan fingerprint density at radius 1 is 1.53 bits per heavy atom. The Hall–Kier alpha value is -1.20. The molecule has 0 unspecified atom stereocenters. The van der Waals surface area contributed by atoms with E-state index in [9.17, 15) is 4.79 Å². The van der Waals surface area contributed by atoms with Gasteiger partial charge in [0.15, 0.2) is 0 Å². The third-order valence-electron chi connectivity index (χ3n) is 3.28. The number of amides is 1. The molecule has 1 saturated carbocycles. The second-order valence-corrected chi connectivity index (χ2v) is 4.74. The molecule has 2 rings (SSSR count). The van der Waals surface area contributed by atoms with E-state index in [0.717, 1.165) is 25.7 Å². The minimum Gasteiger partial charge on any atom is -0.329 e. The monoisotopic (exact) mass is 254 g/mol. The Labute approximate surface area is 105 Å². The van der Waals surface area contributed by atoms with Gasteiger partial charge < -0.3 is 5.73 Å². The summed E-state index contributed by atoms with van der Waals surface area (Å²) in [4.78, 5) is 20.0. The van der Waals surface area contributed by atoms with Gasteiger partial charge in [0.1, 0.15) is 5.15 Å². The minimum absolute atomic E-state index is 0.0974. The van der Waals surface area contributed by atoms with Crippen molar-refractivity contribution in [2.45, 2.75) is 25.7 Å². The quantitative estimate of drug-likeness (QED) is 0.803. The number of nitrogens with zero attached hydrogens (tertiary/aromatic N) is 2. The molecule has 17 heavy (non-hydrogen) atoms. The molecule has 1 aromatic heterocycles. The fourth-order valence-electron chi connectivity index (χ4n) is 2.21. The molecule has 1 amide bonds. The van der Waals surface area contributed by atoms with Gasteiger partial charge in [0.2, 0.25) is 11.9 Å². The Morgan fingerprint density at radius 3 is 2.82 bits per heavy atom. The molecular formula is C11H15ClN4O. The van der Waals surface area contributed by atoms with Crippen LogP contribution in [0.5, 0.6) is 0 Å². The first-order valence-electron chi connectivity index (χ1n) is 5.66. The van der Waals surface area contributed by atoms with Gasteiger partial charge in [-0.15, -0.1) is 0 Å². The summed E-state index contributed by atoms with van der Waals surface area (Å²) in [5.74, 6) is 0.141. The van der Waals surface area contributed by atoms with Gasteiger partial charge in [0.05, 0.1) is 5.41 Å². The van der Waals surface area contributed by atoms with E-state index < -0.39 is 5.41 Å². The molecule has 1 fully saturated rings. The van der Waals surface area contributed by atoms with Gasteiger partial charge in [-0.2, -0.15) is 0 Å². The first-order valence-corrected chi connectivity index (χ1v) is 6.04. The van der Waals surface area contributed by atoms with E-state index in [1.54, 1.807) is 6.07 Å². The van der Waals surface area contributed by atoms with Crippen molar-refractivity contribution in [2.75, 3.05) is 11.9 Å². The van der Waals surface area contributed by atoms with Crippen molar-refractivity contribution in [1.82, 2.24) is 9.97 Å². The number of hydrogen-bond acceptors (Lipinski definition) is 4. The van der Waals surface area contributed by atoms with Crippen molar-refractivity contribution in [1.29, 1.82) is 0 Å². The third-order valence-corrected chi connectivity index (χ3v) is 3.49. The van der Waals surface area contributed by atoms with Crippen LogP contribution in [0.1, 0.15) is 25.7 Å². The van der Waals surface area contributed by atoms with E-state index in [4.69, 9.17) is 17.3 Å². The number of carbonyl (C=O) groups excluding carboxylic acids is 1. The predicted molar refractivity (Wildman–Crippen MR) is 65.6 cm³/mol. The number of nitrogens with one attached hydrogen (secondary N) is 1. The number of aromatic nitrogens is 2. The number of rotatable bonds is 3. The molecule has 1 aromatic rings. The first kappa shape index (κ1) is 12.3. The normalized spacial score (nSPS) is 18.0. The lowest BCUT2D eigenvalue weighted by molar-refractivity contribution is -0.124. The van der Waals surface area contributed by atoms with Crippen LogP contribution in [0.25, 0.3) is 0 Å². The highest BCUT2D eigenvalue weighted by molar-refractivity contribution is 6.29. The summed E-state index contributed by atoms with van der Waals surface area (Å²) in [5.41, 5.74) is 5.27. The number of hydrogen-bond donors (Lipinski definition) is 2. The third kappa shape index (κ3) is 2.56. The van der Waals surface area contributed by atoms with E-state index in [1.165, 1.54) is 6.20 Å². The zero-order chi connectivity index (χ0) is 12.3. The molecule has 6 heteroatoms. The Morgan fingerprint density at radius 2 is 2.24 bits per heavy atom. The molecule has 0 atom stereocenters. The summed E-state index contributed by atoms with van der Waals surface area (Å²) in [6, 6.07) is 1.56. The summed E-state index contributed by atoms with van der Waals surface area (Å²) < 4.78 is 0. The average Bonchev–Trinajstić information content (AvgIpc) is 2.78. The molecule has 5 nitrogen and oxygen atoms in total. The van der Waals surface area contributed by atoms with Crippen molar-refractivity contribution in [2.24, 2.45) is 11.1 Å². The molecule has 92 valence electrons. The molecule has 0 radical (unpaired) electrons. The molecule has 1 aliphatic carbocycles. The summed E-state index contributed by atoms with van der Waals surface area (Å²) in [7, 11) is 0. The van der Waals surface area contributed by atoms with E-state index >= 15 is 0 Å². The second kappa shape index (κ2) is 4.98. The summed E-state index contributed by atoms with van der Waals surface area (Å²) in [5, 5.41) is 3.00. The molecule has 3 N–H and O–H groups in total. The van der Waals surface area contributed by atoms with E-state index in [-0.39, 0.29) is 11.9 Å². The fourth-order valence-corrected chi connectivity index (χ4v) is 2.34. The lowest BCUT2D eigenvalue weighted by Gasteiger charge is -2.24. The van der Waals surface area contributed by atoms with Crippen LogP contribution in [0, 0.1) is 5.41 Å². The first-order chi connectivity index (χ1) is 8.16. The second-order valence-electron chi connectivity index (χ2n) is 4.35. The molecule has 0 saturated heterocycles. The molecule has 0 bridgehead atoms. The molecule has 0 aliphatic heterocycles. The zero-order valence-corrected chi connectivity index (χ0v) is 10.2. The summed E-state index contributed by atoms with van der Waals surface area (Å²) in [6.45, 7) is 0.361. The van der Waals surface area contributed by atoms with Gasteiger partial charge >= 0.3 is 0 Å². The Kier molecular flexibility index (Phi) is 3.59. The largest absolute Gasteiger partial charge is 0.329 e. The number of carbonyl (C=O) groups is 1. The highest BCUT2D eigenvalue weighted by atomic mass is 35.5. The smallest absolute Gasteiger partial charge is 0.234 e. The van der Waals surface area contributed by atoms with Crippen molar-refractivity contribution in [3.05, 3.63) is 17.4 Å². The van der Waals surface area contributed by atoms with Crippen LogP contribution < -0.4 is 11.1 Å². The lowest BCUT2D eigenvalue weighted by Crippen LogP contribution is -2.40. The van der Waals surface area contributed by atoms with Crippen LogP contribution in [-0.4, -0.2) is 22.4 Å². The summed E-state index contributed by atoms with van der Waals surface area (Å²) in [6.07, 6.45) is 5.25. The topological polar surface area (TPSA) is 80.9 Å². The van der Waals surface area contributed by atoms with E-state index in [2.05, 4.69) is 15.3 Å². The highest BCUT2D eigenvalue weighted by Gasteiger charge is 2.40. The van der Waals surface area contributed by atoms with Gasteiger partial charge in [-0.3, -0.25) is 10.1 Å². The standard InChI is InChI=1S/C11H15ClN4O/c12-8-3-6-14-10(15-8)16-9(17)11(7-13)4-1-2-5-11/h3,6H,1-2,4-5,7,13H2,(H,14,15,16,17). The Balaban J connectivity index is 2.10. The predicted octanol–water partition coefficient (Wildman–Crippen LogP) is 1.59. The molecule has 1 heterocycles. The van der Waals surface area contributed by atoms with Gasteiger partial charge in [0.25, 0.3) is 0 Å². The molecule has 1 aliphatic rings. The average molecular weight is 255 g/mol. The number of halogens is 1. The lowest BCUT2D eigenvalue weighted by atomic mass is 9.85. The Bertz CT molecular complexity index is 418. The van der Waals surface area contributed by atoms with Gasteiger partial charge in [-0.25, -0.2) is 9.97 Å². The van der Waals surface area contributed by atoms with Gasteiger partial charge in [-0.05, 0) is 18.9 Å². The maximum absolute atomic E-state index is 12.2. The SMILES string of the molecule is NCC1(C(=O)Nc2nccc(Cl)n2)CCCC1. The maximum atomic E-state index is 12.2. The molecule has 0 aromatic carbocycles. The van der Waals surface area contributed by atoms with Crippen LogP contribution in [0.2, 0.25) is 5.15 Å². The number of anilines is 1.